The lowest BCUT2D eigenvalue weighted by atomic mass is 10.2. The number of hydrogen-bond acceptors (Lipinski definition) is 4. The molecule has 0 aliphatic heterocycles. The van der Waals surface area contributed by atoms with Crippen molar-refractivity contribution in [3.8, 4) is 5.75 Å². The number of hydrogen-bond donors (Lipinski definition) is 2. The Kier molecular flexibility index (Phi) is 4.24. The Labute approximate surface area is 117 Å². The fraction of sp³-hybridized carbons (Fsp3) is 0.429. The van der Waals surface area contributed by atoms with Gasteiger partial charge in [-0.15, -0.1) is 0 Å². The number of methoxy groups -OCH3 is 1. The van der Waals surface area contributed by atoms with Crippen molar-refractivity contribution in [3.63, 3.8) is 0 Å². The molecule has 6 heteroatoms. The Morgan fingerprint density at radius 3 is 2.70 bits per heavy atom. The summed E-state index contributed by atoms with van der Waals surface area (Å²) in [6, 6.07) is 0. The molecule has 0 aliphatic rings. The largest absolute Gasteiger partial charge is 0.491 e. The van der Waals surface area contributed by atoms with Crippen molar-refractivity contribution >= 4 is 0 Å². The molecular formula is C14H20N4O2. The summed E-state index contributed by atoms with van der Waals surface area (Å²) in [6.07, 6.45) is 3.54. The highest BCUT2D eigenvalue weighted by molar-refractivity contribution is 5.30. The van der Waals surface area contributed by atoms with Crippen LogP contribution < -0.4 is 10.2 Å². The van der Waals surface area contributed by atoms with Crippen LogP contribution in [0.15, 0.2) is 17.2 Å². The summed E-state index contributed by atoms with van der Waals surface area (Å²) in [6.45, 7) is 5.09. The number of H-pyrrole nitrogens is 2. The maximum absolute atomic E-state index is 12.2. The quantitative estimate of drug-likeness (QED) is 0.864. The number of pyridine rings is 1. The summed E-state index contributed by atoms with van der Waals surface area (Å²) >= 11 is 0. The first kappa shape index (κ1) is 14.3. The molecule has 0 atom stereocenters. The molecule has 2 aromatic heterocycles. The van der Waals surface area contributed by atoms with Crippen LogP contribution in [-0.4, -0.2) is 34.2 Å². The number of nitrogens with zero attached hydrogens (tertiary/aromatic N) is 2. The highest BCUT2D eigenvalue weighted by atomic mass is 16.5. The first-order chi connectivity index (χ1) is 9.52. The molecular weight excluding hydrogens is 256 g/mol. The Balaban J connectivity index is 2.14. The highest BCUT2D eigenvalue weighted by Crippen LogP contribution is 2.12. The van der Waals surface area contributed by atoms with Gasteiger partial charge in [0, 0.05) is 24.8 Å². The van der Waals surface area contributed by atoms with Crippen LogP contribution in [0.4, 0.5) is 0 Å². The third kappa shape index (κ3) is 2.91. The number of rotatable bonds is 5. The molecule has 20 heavy (non-hydrogen) atoms. The fourth-order valence-electron chi connectivity index (χ4n) is 2.16. The molecule has 2 rings (SSSR count). The lowest BCUT2D eigenvalue weighted by Gasteiger charge is -2.16. The van der Waals surface area contributed by atoms with E-state index in [2.05, 4.69) is 20.1 Å². The van der Waals surface area contributed by atoms with Gasteiger partial charge < -0.3 is 9.72 Å². The van der Waals surface area contributed by atoms with Crippen LogP contribution in [0.25, 0.3) is 0 Å². The van der Waals surface area contributed by atoms with E-state index in [4.69, 9.17) is 4.74 Å². The minimum Gasteiger partial charge on any atom is -0.491 e. The molecule has 2 N–H and O–H groups in total. The normalized spacial score (nSPS) is 11.1. The number of aryl methyl sites for hydroxylation is 2. The molecule has 0 bridgehead atoms. The van der Waals surface area contributed by atoms with Gasteiger partial charge in [-0.2, -0.15) is 5.10 Å². The molecule has 0 saturated heterocycles. The van der Waals surface area contributed by atoms with Gasteiger partial charge in [0.05, 0.1) is 24.7 Å². The highest BCUT2D eigenvalue weighted by Gasteiger charge is 2.12. The molecule has 108 valence electrons. The summed E-state index contributed by atoms with van der Waals surface area (Å²) < 4.78 is 5.14. The molecule has 0 spiro atoms. The fourth-order valence-corrected chi connectivity index (χ4v) is 2.16. The van der Waals surface area contributed by atoms with Gasteiger partial charge in [-0.3, -0.25) is 14.8 Å². The van der Waals surface area contributed by atoms with E-state index in [0.29, 0.717) is 24.4 Å². The van der Waals surface area contributed by atoms with Crippen molar-refractivity contribution in [3.05, 3.63) is 45.1 Å². The molecule has 6 nitrogen and oxygen atoms in total. The van der Waals surface area contributed by atoms with Crippen LogP contribution in [0.2, 0.25) is 0 Å². The Morgan fingerprint density at radius 1 is 1.35 bits per heavy atom. The van der Waals surface area contributed by atoms with Gasteiger partial charge in [-0.25, -0.2) is 0 Å². The molecule has 2 heterocycles. The minimum atomic E-state index is -0.0584. The third-order valence-corrected chi connectivity index (χ3v) is 3.31. The number of aromatic amines is 2. The predicted molar refractivity (Wildman–Crippen MR) is 76.8 cm³/mol. The zero-order chi connectivity index (χ0) is 14.7. The Morgan fingerprint density at radius 2 is 2.10 bits per heavy atom. The predicted octanol–water partition coefficient (Wildman–Crippen LogP) is 1.36. The van der Waals surface area contributed by atoms with Gasteiger partial charge in [0.25, 0.3) is 0 Å². The van der Waals surface area contributed by atoms with Crippen LogP contribution in [0.3, 0.4) is 0 Å². The van der Waals surface area contributed by atoms with Crippen molar-refractivity contribution in [2.45, 2.75) is 26.9 Å². The van der Waals surface area contributed by atoms with E-state index in [0.717, 1.165) is 17.0 Å². The molecule has 0 amide bonds. The van der Waals surface area contributed by atoms with Gasteiger partial charge >= 0.3 is 0 Å². The molecule has 0 radical (unpaired) electrons. The molecule has 0 saturated carbocycles. The SMILES string of the molecule is COc1c(C)[nH]cc(CN(C)Cc2[nH]ncc2C)c1=O. The average molecular weight is 276 g/mol. The number of ether oxygens (including phenoxy) is 1. The van der Waals surface area contributed by atoms with E-state index in [1.54, 1.807) is 12.4 Å². The standard InChI is InChI=1S/C14H20N4O2/c1-9-5-16-17-12(9)8-18(3)7-11-6-15-10(2)14(20-4)13(11)19/h5-6H,7-8H2,1-4H3,(H,15,19)(H,16,17). The Bertz CT molecular complexity index is 645. The summed E-state index contributed by atoms with van der Waals surface area (Å²) in [5.74, 6) is 0.383. The summed E-state index contributed by atoms with van der Waals surface area (Å²) in [4.78, 5) is 17.4. The zero-order valence-corrected chi connectivity index (χ0v) is 12.3. The van der Waals surface area contributed by atoms with Crippen molar-refractivity contribution in [2.75, 3.05) is 14.2 Å². The average Bonchev–Trinajstić information content (AvgIpc) is 2.79. The van der Waals surface area contributed by atoms with Gasteiger partial charge in [0.2, 0.25) is 5.43 Å². The topological polar surface area (TPSA) is 74.0 Å². The van der Waals surface area contributed by atoms with Gasteiger partial charge in [0.15, 0.2) is 5.75 Å². The third-order valence-electron chi connectivity index (χ3n) is 3.31. The van der Waals surface area contributed by atoms with Crippen LogP contribution in [0.5, 0.6) is 5.75 Å². The number of nitrogens with one attached hydrogen (secondary N) is 2. The lowest BCUT2D eigenvalue weighted by Crippen LogP contribution is -2.23. The van der Waals surface area contributed by atoms with E-state index in [1.165, 1.54) is 7.11 Å². The van der Waals surface area contributed by atoms with Crippen molar-refractivity contribution < 1.29 is 4.74 Å². The summed E-state index contributed by atoms with van der Waals surface area (Å²) in [7, 11) is 3.48. The van der Waals surface area contributed by atoms with E-state index >= 15 is 0 Å². The first-order valence-electron chi connectivity index (χ1n) is 6.45. The van der Waals surface area contributed by atoms with Crippen molar-refractivity contribution in [1.29, 1.82) is 0 Å². The van der Waals surface area contributed by atoms with E-state index in [-0.39, 0.29) is 5.43 Å². The van der Waals surface area contributed by atoms with Gasteiger partial charge in [-0.1, -0.05) is 0 Å². The first-order valence-corrected chi connectivity index (χ1v) is 6.45. The molecule has 0 fully saturated rings. The van der Waals surface area contributed by atoms with E-state index in [9.17, 15) is 4.79 Å². The Hall–Kier alpha value is -2.08. The van der Waals surface area contributed by atoms with Crippen molar-refractivity contribution in [1.82, 2.24) is 20.1 Å². The number of aromatic nitrogens is 3. The lowest BCUT2D eigenvalue weighted by molar-refractivity contribution is 0.311. The van der Waals surface area contributed by atoms with Crippen LogP contribution in [-0.2, 0) is 13.1 Å². The van der Waals surface area contributed by atoms with Crippen LogP contribution in [0.1, 0.15) is 22.5 Å². The van der Waals surface area contributed by atoms with E-state index < -0.39 is 0 Å². The maximum atomic E-state index is 12.2. The molecule has 0 unspecified atom stereocenters. The maximum Gasteiger partial charge on any atom is 0.228 e. The zero-order valence-electron chi connectivity index (χ0n) is 12.3. The second-order valence-corrected chi connectivity index (χ2v) is 5.01. The smallest absolute Gasteiger partial charge is 0.228 e. The second-order valence-electron chi connectivity index (χ2n) is 5.01. The molecule has 0 aromatic carbocycles. The van der Waals surface area contributed by atoms with Crippen molar-refractivity contribution in [2.24, 2.45) is 0 Å². The van der Waals surface area contributed by atoms with Crippen LogP contribution >= 0.6 is 0 Å². The van der Waals surface area contributed by atoms with Gasteiger partial charge in [0.1, 0.15) is 0 Å². The monoisotopic (exact) mass is 276 g/mol. The van der Waals surface area contributed by atoms with Gasteiger partial charge in [-0.05, 0) is 26.5 Å². The second kappa shape index (κ2) is 5.92. The summed E-state index contributed by atoms with van der Waals surface area (Å²) in [5.41, 5.74) is 3.55. The summed E-state index contributed by atoms with van der Waals surface area (Å²) in [5, 5.41) is 6.96. The molecule has 2 aromatic rings. The van der Waals surface area contributed by atoms with E-state index in [1.807, 2.05) is 20.9 Å². The minimum absolute atomic E-state index is 0.0584. The molecule has 0 aliphatic carbocycles. The van der Waals surface area contributed by atoms with Crippen LogP contribution in [0, 0.1) is 13.8 Å².